The lowest BCUT2D eigenvalue weighted by molar-refractivity contribution is 0.0958. The van der Waals surface area contributed by atoms with Gasteiger partial charge in [-0.15, -0.1) is 0 Å². The number of pyridine rings is 1. The number of aromatic nitrogens is 1. The van der Waals surface area contributed by atoms with Crippen molar-refractivity contribution in [1.29, 1.82) is 0 Å². The van der Waals surface area contributed by atoms with E-state index in [9.17, 15) is 4.79 Å². The molecule has 0 saturated heterocycles. The van der Waals surface area contributed by atoms with Gasteiger partial charge in [-0.25, -0.2) is 0 Å². The molecule has 0 aliphatic heterocycles. The smallest absolute Gasteiger partial charge is 0.269 e. The number of hydrogen-bond donors (Lipinski definition) is 2. The molecule has 1 heterocycles. The first kappa shape index (κ1) is 12.8. The maximum Gasteiger partial charge on any atom is 0.269 e. The summed E-state index contributed by atoms with van der Waals surface area (Å²) in [6.07, 6.45) is 4.25. The molecule has 1 aromatic rings. The molecule has 0 spiro atoms. The van der Waals surface area contributed by atoms with E-state index < -0.39 is 0 Å². The van der Waals surface area contributed by atoms with Crippen LogP contribution < -0.4 is 10.6 Å². The van der Waals surface area contributed by atoms with Gasteiger partial charge in [0.1, 0.15) is 5.69 Å². The largest absolute Gasteiger partial charge is 0.383 e. The number of carbonyl (C=O) groups is 1. The zero-order valence-corrected chi connectivity index (χ0v) is 10.6. The Morgan fingerprint density at radius 2 is 2.39 bits per heavy atom. The summed E-state index contributed by atoms with van der Waals surface area (Å²) in [5.74, 6) is 0.620. The van der Waals surface area contributed by atoms with Gasteiger partial charge < -0.3 is 15.4 Å². The Morgan fingerprint density at radius 1 is 1.56 bits per heavy atom. The molecule has 5 heteroatoms. The third-order valence-corrected chi connectivity index (χ3v) is 2.85. The third-order valence-electron chi connectivity index (χ3n) is 2.85. The second-order valence-corrected chi connectivity index (χ2v) is 4.45. The molecule has 1 fully saturated rings. The maximum absolute atomic E-state index is 11.4. The van der Waals surface area contributed by atoms with Crippen molar-refractivity contribution in [2.45, 2.75) is 12.8 Å². The fourth-order valence-corrected chi connectivity index (χ4v) is 1.59. The first-order valence-corrected chi connectivity index (χ1v) is 6.29. The van der Waals surface area contributed by atoms with E-state index in [0.717, 1.165) is 24.8 Å². The summed E-state index contributed by atoms with van der Waals surface area (Å²) in [6, 6.07) is 3.58. The van der Waals surface area contributed by atoms with Crippen LogP contribution in [-0.4, -0.2) is 37.7 Å². The van der Waals surface area contributed by atoms with E-state index in [-0.39, 0.29) is 5.91 Å². The SMILES string of the molecule is CNC(=O)c1cc(NCCOCC2CC2)ccn1. The Kier molecular flexibility index (Phi) is 4.52. The molecular weight excluding hydrogens is 230 g/mol. The number of nitrogens with one attached hydrogen (secondary N) is 2. The number of amides is 1. The Balaban J connectivity index is 1.72. The predicted octanol–water partition coefficient (Wildman–Crippen LogP) is 1.28. The van der Waals surface area contributed by atoms with E-state index in [1.807, 2.05) is 6.07 Å². The van der Waals surface area contributed by atoms with Crippen molar-refractivity contribution in [2.24, 2.45) is 5.92 Å². The van der Waals surface area contributed by atoms with Crippen LogP contribution in [0.1, 0.15) is 23.3 Å². The Bertz CT molecular complexity index is 405. The Hall–Kier alpha value is -1.62. The highest BCUT2D eigenvalue weighted by molar-refractivity contribution is 5.92. The minimum absolute atomic E-state index is 0.177. The van der Waals surface area contributed by atoms with Crippen LogP contribution in [0.15, 0.2) is 18.3 Å². The molecule has 98 valence electrons. The second-order valence-electron chi connectivity index (χ2n) is 4.45. The summed E-state index contributed by atoms with van der Waals surface area (Å²) in [6.45, 7) is 2.31. The molecule has 2 rings (SSSR count). The lowest BCUT2D eigenvalue weighted by Crippen LogP contribution is -2.19. The molecule has 0 bridgehead atoms. The lowest BCUT2D eigenvalue weighted by Gasteiger charge is -2.08. The molecule has 0 unspecified atom stereocenters. The quantitative estimate of drug-likeness (QED) is 0.715. The summed E-state index contributed by atoms with van der Waals surface area (Å²) >= 11 is 0. The first-order valence-electron chi connectivity index (χ1n) is 6.29. The van der Waals surface area contributed by atoms with Crippen molar-refractivity contribution in [3.8, 4) is 0 Å². The van der Waals surface area contributed by atoms with E-state index in [1.165, 1.54) is 12.8 Å². The van der Waals surface area contributed by atoms with Crippen molar-refractivity contribution >= 4 is 11.6 Å². The van der Waals surface area contributed by atoms with E-state index >= 15 is 0 Å². The first-order chi connectivity index (χ1) is 8.79. The van der Waals surface area contributed by atoms with Gasteiger partial charge >= 0.3 is 0 Å². The molecule has 1 aliphatic carbocycles. The molecule has 18 heavy (non-hydrogen) atoms. The average Bonchev–Trinajstić information content (AvgIpc) is 3.22. The average molecular weight is 249 g/mol. The molecule has 0 atom stereocenters. The van der Waals surface area contributed by atoms with Gasteiger partial charge in [0.25, 0.3) is 5.91 Å². The maximum atomic E-state index is 11.4. The normalized spacial score (nSPS) is 14.3. The van der Waals surface area contributed by atoms with Gasteiger partial charge in [-0.2, -0.15) is 0 Å². The van der Waals surface area contributed by atoms with Crippen LogP contribution in [0, 0.1) is 5.92 Å². The van der Waals surface area contributed by atoms with Gasteiger partial charge in [-0.3, -0.25) is 9.78 Å². The highest BCUT2D eigenvalue weighted by Gasteiger charge is 2.20. The van der Waals surface area contributed by atoms with Crippen molar-refractivity contribution in [3.05, 3.63) is 24.0 Å². The van der Waals surface area contributed by atoms with Crippen molar-refractivity contribution in [3.63, 3.8) is 0 Å². The number of ether oxygens (including phenoxy) is 1. The number of nitrogens with zero attached hydrogens (tertiary/aromatic N) is 1. The number of rotatable bonds is 7. The molecule has 1 saturated carbocycles. The minimum Gasteiger partial charge on any atom is -0.383 e. The van der Waals surface area contributed by atoms with Gasteiger partial charge in [0.05, 0.1) is 6.61 Å². The topological polar surface area (TPSA) is 63.2 Å². The fourth-order valence-electron chi connectivity index (χ4n) is 1.59. The molecule has 1 amide bonds. The van der Waals surface area contributed by atoms with Gasteiger partial charge in [0, 0.05) is 32.1 Å². The van der Waals surface area contributed by atoms with Crippen molar-refractivity contribution in [2.75, 3.05) is 32.1 Å². The molecule has 0 radical (unpaired) electrons. The zero-order chi connectivity index (χ0) is 12.8. The van der Waals surface area contributed by atoms with Crippen LogP contribution in [0.25, 0.3) is 0 Å². The standard InChI is InChI=1S/C13H19N3O2/c1-14-13(17)12-8-11(4-5-16-12)15-6-7-18-9-10-2-3-10/h4-5,8,10H,2-3,6-7,9H2,1H3,(H,14,17)(H,15,16). The van der Waals surface area contributed by atoms with Gasteiger partial charge in [-0.05, 0) is 30.9 Å². The van der Waals surface area contributed by atoms with E-state index in [2.05, 4.69) is 15.6 Å². The van der Waals surface area contributed by atoms with Gasteiger partial charge in [0.2, 0.25) is 0 Å². The molecule has 1 aromatic heterocycles. The predicted molar refractivity (Wildman–Crippen MR) is 69.7 cm³/mol. The van der Waals surface area contributed by atoms with Crippen LogP contribution in [0.4, 0.5) is 5.69 Å². The van der Waals surface area contributed by atoms with Gasteiger partial charge in [-0.1, -0.05) is 0 Å². The van der Waals surface area contributed by atoms with Crippen molar-refractivity contribution < 1.29 is 9.53 Å². The number of carbonyl (C=O) groups excluding carboxylic acids is 1. The molecule has 1 aliphatic rings. The third kappa shape index (κ3) is 4.00. The summed E-state index contributed by atoms with van der Waals surface area (Å²) in [5, 5.41) is 5.76. The van der Waals surface area contributed by atoms with Crippen molar-refractivity contribution in [1.82, 2.24) is 10.3 Å². The Morgan fingerprint density at radius 3 is 3.11 bits per heavy atom. The molecule has 2 N–H and O–H groups in total. The lowest BCUT2D eigenvalue weighted by atomic mass is 10.3. The van der Waals surface area contributed by atoms with Crippen LogP contribution in [0.2, 0.25) is 0 Å². The van der Waals surface area contributed by atoms with Crippen LogP contribution in [0.5, 0.6) is 0 Å². The summed E-state index contributed by atoms with van der Waals surface area (Å²) in [7, 11) is 1.59. The summed E-state index contributed by atoms with van der Waals surface area (Å²) in [4.78, 5) is 15.4. The Labute approximate surface area is 107 Å². The summed E-state index contributed by atoms with van der Waals surface area (Å²) < 4.78 is 5.52. The zero-order valence-electron chi connectivity index (χ0n) is 10.6. The highest BCUT2D eigenvalue weighted by Crippen LogP contribution is 2.28. The van der Waals surface area contributed by atoms with E-state index in [4.69, 9.17) is 4.74 Å². The van der Waals surface area contributed by atoms with E-state index in [0.29, 0.717) is 12.3 Å². The van der Waals surface area contributed by atoms with Crippen LogP contribution >= 0.6 is 0 Å². The number of anilines is 1. The highest BCUT2D eigenvalue weighted by atomic mass is 16.5. The second kappa shape index (κ2) is 6.35. The monoisotopic (exact) mass is 249 g/mol. The van der Waals surface area contributed by atoms with Crippen LogP contribution in [0.3, 0.4) is 0 Å². The molecular formula is C13H19N3O2. The fraction of sp³-hybridized carbons (Fsp3) is 0.538. The molecule has 5 nitrogen and oxygen atoms in total. The van der Waals surface area contributed by atoms with Crippen LogP contribution in [-0.2, 0) is 4.74 Å². The minimum atomic E-state index is -0.177. The molecule has 0 aromatic carbocycles. The number of hydrogen-bond acceptors (Lipinski definition) is 4. The summed E-state index contributed by atoms with van der Waals surface area (Å²) in [5.41, 5.74) is 1.31. The van der Waals surface area contributed by atoms with E-state index in [1.54, 1.807) is 19.3 Å². The van der Waals surface area contributed by atoms with Gasteiger partial charge in [0.15, 0.2) is 0 Å².